The number of rotatable bonds is 1. The first-order valence-corrected chi connectivity index (χ1v) is 10.3. The van der Waals surface area contributed by atoms with Gasteiger partial charge in [-0.1, -0.05) is 15.9 Å². The van der Waals surface area contributed by atoms with Crippen LogP contribution >= 0.6 is 15.9 Å². The summed E-state index contributed by atoms with van der Waals surface area (Å²) in [4.78, 5) is 29.9. The van der Waals surface area contributed by atoms with E-state index in [0.717, 1.165) is 16.5 Å². The van der Waals surface area contributed by atoms with Gasteiger partial charge in [0.05, 0.1) is 29.0 Å². The van der Waals surface area contributed by atoms with Gasteiger partial charge < -0.3 is 23.9 Å². The molecule has 0 saturated carbocycles. The Balaban J connectivity index is 1.66. The molecule has 5 heterocycles. The maximum absolute atomic E-state index is 13.2. The molecule has 0 fully saturated rings. The Hall–Kier alpha value is -2.85. The fourth-order valence-corrected chi connectivity index (χ4v) is 4.97. The predicted molar refractivity (Wildman–Crippen MR) is 109 cm³/mol. The van der Waals surface area contributed by atoms with Crippen LogP contribution in [0.3, 0.4) is 0 Å². The second-order valence-corrected chi connectivity index (χ2v) is 7.99. The van der Waals surface area contributed by atoms with E-state index in [1.807, 2.05) is 6.07 Å². The molecule has 10 heteroatoms. The van der Waals surface area contributed by atoms with Gasteiger partial charge in [-0.15, -0.1) is 0 Å². The number of hydrogen-bond acceptors (Lipinski definition) is 7. The number of esters is 1. The third kappa shape index (κ3) is 2.17. The van der Waals surface area contributed by atoms with Crippen molar-refractivity contribution >= 4 is 40.6 Å². The van der Waals surface area contributed by atoms with E-state index in [0.29, 0.717) is 40.3 Å². The molecule has 0 amide bonds. The number of nitrogens with zero attached hydrogens (tertiary/aromatic N) is 2. The number of pyridine rings is 2. The summed E-state index contributed by atoms with van der Waals surface area (Å²) in [7, 11) is 5.80. The summed E-state index contributed by atoms with van der Waals surface area (Å²) in [5.74, 6) is 0.270. The summed E-state index contributed by atoms with van der Waals surface area (Å²) >= 11 is 3.56. The van der Waals surface area contributed by atoms with Crippen molar-refractivity contribution < 1.29 is 24.1 Å². The minimum Gasteiger partial charge on any atom is -0.459 e. The Morgan fingerprint density at radius 1 is 1.17 bits per heavy atom. The molecule has 1 atom stereocenters. The molecule has 1 N–H and O–H groups in total. The smallest absolute Gasteiger partial charge is 0.333 e. The van der Waals surface area contributed by atoms with Gasteiger partial charge in [-0.2, -0.15) is 0 Å². The number of alkyl halides is 1. The lowest BCUT2D eigenvalue weighted by atomic mass is 9.73. The Morgan fingerprint density at radius 2 is 1.93 bits per heavy atom. The van der Waals surface area contributed by atoms with Crippen molar-refractivity contribution in [1.29, 1.82) is 0 Å². The Labute approximate surface area is 178 Å². The second-order valence-electron chi connectivity index (χ2n) is 7.43. The highest BCUT2D eigenvalue weighted by Crippen LogP contribution is 2.42. The molecule has 3 aromatic rings. The Kier molecular flexibility index (Phi) is 3.51. The SMILES string of the molecule is [B][C@@]1(O)C(=O)OCc2c1cc1n(c2=O)Cc2c-1nc1cc3c(cc1c2CBr)OCO3. The maximum atomic E-state index is 13.2. The van der Waals surface area contributed by atoms with Crippen LogP contribution in [0, 0.1) is 0 Å². The predicted octanol–water partition coefficient (Wildman–Crippen LogP) is 1.42. The van der Waals surface area contributed by atoms with Crippen LogP contribution in [0.4, 0.5) is 0 Å². The van der Waals surface area contributed by atoms with Gasteiger partial charge in [0.25, 0.3) is 5.56 Å². The monoisotopic (exact) mass is 466 g/mol. The zero-order valence-electron chi connectivity index (χ0n) is 15.4. The molecule has 3 aliphatic heterocycles. The molecular weight excluding hydrogens is 455 g/mol. The molecular formula is C20H12BBrN2O6. The summed E-state index contributed by atoms with van der Waals surface area (Å²) in [6, 6.07) is 5.26. The van der Waals surface area contributed by atoms with Crippen LogP contribution in [-0.4, -0.2) is 35.3 Å². The standard InChI is InChI=1S/C20H12BBrN2O6/c21-20(27)12-2-14-17-10(5-24(14)18(25)11(12)6-28-19(20)26)9(4-22)8-1-15-16(30-7-29-15)3-13(8)23-17/h1-3,27H,4-7H2/t20-/m0/s1. The van der Waals surface area contributed by atoms with Gasteiger partial charge in [0.1, 0.15) is 20.0 Å². The number of aromatic nitrogens is 2. The van der Waals surface area contributed by atoms with E-state index in [2.05, 4.69) is 15.9 Å². The largest absolute Gasteiger partial charge is 0.459 e. The Morgan fingerprint density at radius 3 is 2.70 bits per heavy atom. The van der Waals surface area contributed by atoms with Crippen LogP contribution in [0.2, 0.25) is 0 Å². The van der Waals surface area contributed by atoms with Crippen molar-refractivity contribution in [1.82, 2.24) is 9.55 Å². The summed E-state index contributed by atoms with van der Waals surface area (Å²) < 4.78 is 17.4. The van der Waals surface area contributed by atoms with Crippen molar-refractivity contribution in [2.75, 3.05) is 6.79 Å². The second kappa shape index (κ2) is 5.86. The summed E-state index contributed by atoms with van der Waals surface area (Å²) in [5.41, 5.74) is 1.11. The van der Waals surface area contributed by atoms with Gasteiger partial charge >= 0.3 is 5.97 Å². The van der Waals surface area contributed by atoms with Gasteiger partial charge in [-0.05, 0) is 23.3 Å². The van der Waals surface area contributed by atoms with Crippen LogP contribution in [0.1, 0.15) is 22.3 Å². The van der Waals surface area contributed by atoms with Gasteiger partial charge in [0, 0.05) is 22.3 Å². The van der Waals surface area contributed by atoms with Gasteiger partial charge in [0.2, 0.25) is 6.79 Å². The maximum Gasteiger partial charge on any atom is 0.333 e. The quantitative estimate of drug-likeness (QED) is 0.257. The van der Waals surface area contributed by atoms with E-state index in [1.54, 1.807) is 16.7 Å². The van der Waals surface area contributed by atoms with E-state index < -0.39 is 11.5 Å². The molecule has 0 unspecified atom stereocenters. The van der Waals surface area contributed by atoms with Crippen LogP contribution in [0.25, 0.3) is 22.3 Å². The number of carbonyl (C=O) groups is 1. The molecule has 30 heavy (non-hydrogen) atoms. The van der Waals surface area contributed by atoms with Crippen LogP contribution < -0.4 is 15.0 Å². The van der Waals surface area contributed by atoms with Crippen molar-refractivity contribution in [2.45, 2.75) is 24.0 Å². The molecule has 8 nitrogen and oxygen atoms in total. The number of aliphatic hydroxyl groups is 1. The lowest BCUT2D eigenvalue weighted by Gasteiger charge is -2.30. The molecule has 2 radical (unpaired) electrons. The molecule has 2 aromatic heterocycles. The van der Waals surface area contributed by atoms with E-state index in [1.165, 1.54) is 0 Å². The van der Waals surface area contributed by atoms with Gasteiger partial charge in [-0.3, -0.25) is 4.79 Å². The third-order valence-corrected chi connectivity index (χ3v) is 6.42. The van der Waals surface area contributed by atoms with Crippen LogP contribution in [0.5, 0.6) is 11.5 Å². The van der Waals surface area contributed by atoms with E-state index in [-0.39, 0.29) is 30.1 Å². The molecule has 0 bridgehead atoms. The minimum absolute atomic E-state index is 0.0517. The number of hydrogen-bond donors (Lipinski definition) is 1. The first kappa shape index (κ1) is 18.0. The minimum atomic E-state index is -2.38. The van der Waals surface area contributed by atoms with Gasteiger partial charge in [-0.25, -0.2) is 9.78 Å². The molecule has 1 aromatic carbocycles. The zero-order valence-corrected chi connectivity index (χ0v) is 17.0. The molecule has 0 aliphatic carbocycles. The lowest BCUT2D eigenvalue weighted by molar-refractivity contribution is -0.162. The number of carbonyl (C=O) groups excluding carboxylic acids is 1. The normalized spacial score (nSPS) is 20.7. The average molecular weight is 467 g/mol. The molecule has 148 valence electrons. The average Bonchev–Trinajstić information content (AvgIpc) is 3.32. The van der Waals surface area contributed by atoms with Crippen molar-refractivity contribution in [2.24, 2.45) is 0 Å². The van der Waals surface area contributed by atoms with Crippen molar-refractivity contribution in [3.8, 4) is 22.9 Å². The highest BCUT2D eigenvalue weighted by molar-refractivity contribution is 9.08. The van der Waals surface area contributed by atoms with Crippen LogP contribution in [-0.2, 0) is 33.5 Å². The highest BCUT2D eigenvalue weighted by atomic mass is 79.9. The number of cyclic esters (lactones) is 1. The van der Waals surface area contributed by atoms with E-state index in [4.69, 9.17) is 27.0 Å². The summed E-state index contributed by atoms with van der Waals surface area (Å²) in [5, 5.41) is 11.9. The number of halogens is 1. The van der Waals surface area contributed by atoms with Gasteiger partial charge in [0.15, 0.2) is 11.5 Å². The zero-order chi connectivity index (χ0) is 20.8. The fraction of sp³-hybridized carbons (Fsp3) is 0.250. The molecule has 3 aliphatic rings. The molecule has 6 rings (SSSR count). The number of fused-ring (bicyclic) bond motifs is 6. The Bertz CT molecular complexity index is 1370. The van der Waals surface area contributed by atoms with E-state index >= 15 is 0 Å². The fourth-order valence-electron chi connectivity index (χ4n) is 4.33. The first-order chi connectivity index (χ1) is 14.4. The van der Waals surface area contributed by atoms with Crippen LogP contribution in [0.15, 0.2) is 23.0 Å². The van der Waals surface area contributed by atoms with Crippen molar-refractivity contribution in [3.63, 3.8) is 0 Å². The first-order valence-electron chi connectivity index (χ1n) is 9.17. The topological polar surface area (TPSA) is 99.9 Å². The van der Waals surface area contributed by atoms with E-state index in [9.17, 15) is 14.7 Å². The number of benzene rings is 1. The highest BCUT2D eigenvalue weighted by Gasteiger charge is 2.42. The third-order valence-electron chi connectivity index (χ3n) is 5.86. The summed E-state index contributed by atoms with van der Waals surface area (Å²) in [6.07, 6.45) is 0. The van der Waals surface area contributed by atoms with Crippen molar-refractivity contribution in [3.05, 3.63) is 50.8 Å². The lowest BCUT2D eigenvalue weighted by Crippen LogP contribution is -2.45. The molecule has 0 saturated heterocycles. The summed E-state index contributed by atoms with van der Waals surface area (Å²) in [6.45, 7) is 0.238. The molecule has 0 spiro atoms. The number of ether oxygens (including phenoxy) is 3.